The molecule has 26 heavy (non-hydrogen) atoms. The van der Waals surface area contributed by atoms with Crippen LogP contribution in [0.25, 0.3) is 0 Å². The number of halogens is 2. The largest absolute Gasteiger partial charge is 0.435 e. The summed E-state index contributed by atoms with van der Waals surface area (Å²) in [5.41, 5.74) is 1.73. The van der Waals surface area contributed by atoms with Crippen LogP contribution >= 0.6 is 0 Å². The Labute approximate surface area is 150 Å². The standard InChI is InChI=1S/C19H20F2N2O3/c1-12(18(25)23-17-6-4-3-5-16(17)13(2)24)22-11-14-7-9-15(10-8-14)26-19(20)21/h3-10,12,19,22H,11H2,1-2H3,(H,23,25). The number of rotatable bonds is 8. The van der Waals surface area contributed by atoms with Gasteiger partial charge in [0.2, 0.25) is 5.91 Å². The van der Waals surface area contributed by atoms with Crippen LogP contribution in [0.1, 0.15) is 29.8 Å². The molecule has 138 valence electrons. The summed E-state index contributed by atoms with van der Waals surface area (Å²) in [5, 5.41) is 5.77. The predicted molar refractivity (Wildman–Crippen MR) is 94.5 cm³/mol. The van der Waals surface area contributed by atoms with E-state index in [0.29, 0.717) is 17.8 Å². The van der Waals surface area contributed by atoms with Crippen molar-refractivity contribution < 1.29 is 23.1 Å². The number of Topliss-reactive ketones (excluding diaryl/α,β-unsaturated/α-hetero) is 1. The number of amides is 1. The molecule has 0 saturated heterocycles. The van der Waals surface area contributed by atoms with E-state index >= 15 is 0 Å². The second kappa shape index (κ2) is 9.05. The monoisotopic (exact) mass is 362 g/mol. The number of hydrogen-bond donors (Lipinski definition) is 2. The Kier molecular flexibility index (Phi) is 6.80. The maximum atomic E-state index is 12.3. The van der Waals surface area contributed by atoms with Gasteiger partial charge in [-0.3, -0.25) is 9.59 Å². The van der Waals surface area contributed by atoms with Crippen molar-refractivity contribution in [3.8, 4) is 5.75 Å². The second-order valence-electron chi connectivity index (χ2n) is 5.72. The molecule has 0 fully saturated rings. The molecule has 0 spiro atoms. The Morgan fingerprint density at radius 2 is 1.73 bits per heavy atom. The number of hydrogen-bond acceptors (Lipinski definition) is 4. The van der Waals surface area contributed by atoms with Gasteiger partial charge in [0.05, 0.1) is 11.7 Å². The molecule has 7 heteroatoms. The molecule has 0 heterocycles. The third kappa shape index (κ3) is 5.63. The number of nitrogens with one attached hydrogen (secondary N) is 2. The second-order valence-corrected chi connectivity index (χ2v) is 5.72. The highest BCUT2D eigenvalue weighted by molar-refractivity contribution is 6.04. The maximum absolute atomic E-state index is 12.3. The van der Waals surface area contributed by atoms with Crippen LogP contribution in [0.3, 0.4) is 0 Å². The lowest BCUT2D eigenvalue weighted by Gasteiger charge is -2.15. The Bertz CT molecular complexity index is 764. The van der Waals surface area contributed by atoms with Gasteiger partial charge in [0, 0.05) is 12.1 Å². The summed E-state index contributed by atoms with van der Waals surface area (Å²) in [6.07, 6.45) is 0. The smallest absolute Gasteiger partial charge is 0.387 e. The van der Waals surface area contributed by atoms with Crippen molar-refractivity contribution in [1.82, 2.24) is 5.32 Å². The van der Waals surface area contributed by atoms with Crippen molar-refractivity contribution in [1.29, 1.82) is 0 Å². The molecule has 5 nitrogen and oxygen atoms in total. The first-order chi connectivity index (χ1) is 12.4. The number of para-hydroxylation sites is 1. The number of carbonyl (C=O) groups excluding carboxylic acids is 2. The normalized spacial score (nSPS) is 11.9. The Morgan fingerprint density at radius 1 is 1.08 bits per heavy atom. The fourth-order valence-electron chi connectivity index (χ4n) is 2.29. The average Bonchev–Trinajstić information content (AvgIpc) is 2.60. The van der Waals surface area contributed by atoms with Gasteiger partial charge in [-0.2, -0.15) is 8.78 Å². The fourth-order valence-corrected chi connectivity index (χ4v) is 2.29. The Hall–Kier alpha value is -2.80. The Morgan fingerprint density at radius 3 is 2.35 bits per heavy atom. The number of benzene rings is 2. The lowest BCUT2D eigenvalue weighted by atomic mass is 10.1. The van der Waals surface area contributed by atoms with Crippen LogP contribution in [0.4, 0.5) is 14.5 Å². The molecule has 2 N–H and O–H groups in total. The third-order valence-electron chi connectivity index (χ3n) is 3.72. The van der Waals surface area contributed by atoms with Gasteiger partial charge in [-0.25, -0.2) is 0 Å². The third-order valence-corrected chi connectivity index (χ3v) is 3.72. The van der Waals surface area contributed by atoms with Gasteiger partial charge in [0.15, 0.2) is 5.78 Å². The zero-order valence-electron chi connectivity index (χ0n) is 14.5. The summed E-state index contributed by atoms with van der Waals surface area (Å²) >= 11 is 0. The lowest BCUT2D eigenvalue weighted by Crippen LogP contribution is -2.37. The van der Waals surface area contributed by atoms with Gasteiger partial charge in [-0.15, -0.1) is 0 Å². The molecule has 0 saturated carbocycles. The first-order valence-electron chi connectivity index (χ1n) is 8.05. The van der Waals surface area contributed by atoms with E-state index in [9.17, 15) is 18.4 Å². The van der Waals surface area contributed by atoms with Gasteiger partial charge in [0.1, 0.15) is 5.75 Å². The molecule has 2 aromatic carbocycles. The molecule has 0 aliphatic heterocycles. The molecule has 1 unspecified atom stereocenters. The minimum atomic E-state index is -2.86. The highest BCUT2D eigenvalue weighted by atomic mass is 19.3. The summed E-state index contributed by atoms with van der Waals surface area (Å²) in [6, 6.07) is 12.4. The molecule has 2 aromatic rings. The van der Waals surface area contributed by atoms with Crippen LogP contribution in [-0.2, 0) is 11.3 Å². The first kappa shape index (κ1) is 19.5. The number of carbonyl (C=O) groups is 2. The van der Waals surface area contributed by atoms with E-state index in [4.69, 9.17) is 0 Å². The molecule has 0 aromatic heterocycles. The van der Waals surface area contributed by atoms with E-state index in [2.05, 4.69) is 15.4 Å². The van der Waals surface area contributed by atoms with Crippen LogP contribution in [0.15, 0.2) is 48.5 Å². The summed E-state index contributed by atoms with van der Waals surface area (Å²) in [6.45, 7) is 0.645. The molecule has 0 radical (unpaired) electrons. The minimum absolute atomic E-state index is 0.0791. The highest BCUT2D eigenvalue weighted by Gasteiger charge is 2.15. The van der Waals surface area contributed by atoms with Gasteiger partial charge >= 0.3 is 6.61 Å². The molecule has 1 amide bonds. The van der Waals surface area contributed by atoms with E-state index in [1.54, 1.807) is 43.3 Å². The molecule has 0 aliphatic rings. The maximum Gasteiger partial charge on any atom is 0.387 e. The summed E-state index contributed by atoms with van der Waals surface area (Å²) < 4.78 is 28.5. The van der Waals surface area contributed by atoms with Gasteiger partial charge in [-0.05, 0) is 43.7 Å². The van der Waals surface area contributed by atoms with Crippen molar-refractivity contribution >= 4 is 17.4 Å². The zero-order chi connectivity index (χ0) is 19.1. The number of alkyl halides is 2. The average molecular weight is 362 g/mol. The van der Waals surface area contributed by atoms with E-state index in [1.165, 1.54) is 19.1 Å². The van der Waals surface area contributed by atoms with Gasteiger partial charge in [0.25, 0.3) is 0 Å². The molecule has 0 aliphatic carbocycles. The quantitative estimate of drug-likeness (QED) is 0.704. The highest BCUT2D eigenvalue weighted by Crippen LogP contribution is 2.16. The summed E-state index contributed by atoms with van der Waals surface area (Å²) in [4.78, 5) is 23.9. The van der Waals surface area contributed by atoms with Crippen molar-refractivity contribution in [2.45, 2.75) is 33.0 Å². The minimum Gasteiger partial charge on any atom is -0.435 e. The van der Waals surface area contributed by atoms with Crippen LogP contribution in [0, 0.1) is 0 Å². The van der Waals surface area contributed by atoms with E-state index < -0.39 is 12.7 Å². The van der Waals surface area contributed by atoms with E-state index in [0.717, 1.165) is 5.56 Å². The predicted octanol–water partition coefficient (Wildman–Crippen LogP) is 3.61. The van der Waals surface area contributed by atoms with Crippen LogP contribution < -0.4 is 15.4 Å². The van der Waals surface area contributed by atoms with Gasteiger partial charge in [-0.1, -0.05) is 24.3 Å². The summed E-state index contributed by atoms with van der Waals surface area (Å²) in [5.74, 6) is -0.334. The fraction of sp³-hybridized carbons (Fsp3) is 0.263. The van der Waals surface area contributed by atoms with Crippen LogP contribution in [0.2, 0.25) is 0 Å². The molecular weight excluding hydrogens is 342 g/mol. The zero-order valence-corrected chi connectivity index (χ0v) is 14.5. The van der Waals surface area contributed by atoms with Crippen molar-refractivity contribution in [2.24, 2.45) is 0 Å². The van der Waals surface area contributed by atoms with E-state index in [-0.39, 0.29) is 17.4 Å². The van der Waals surface area contributed by atoms with Crippen LogP contribution in [0.5, 0.6) is 5.75 Å². The lowest BCUT2D eigenvalue weighted by molar-refractivity contribution is -0.117. The van der Waals surface area contributed by atoms with Gasteiger partial charge < -0.3 is 15.4 Å². The topological polar surface area (TPSA) is 67.4 Å². The van der Waals surface area contributed by atoms with Crippen molar-refractivity contribution in [2.75, 3.05) is 5.32 Å². The number of anilines is 1. The number of ketones is 1. The Balaban J connectivity index is 1.90. The van der Waals surface area contributed by atoms with Crippen molar-refractivity contribution in [3.63, 3.8) is 0 Å². The molecule has 1 atom stereocenters. The molecule has 2 rings (SSSR count). The van der Waals surface area contributed by atoms with Crippen molar-refractivity contribution in [3.05, 3.63) is 59.7 Å². The number of ether oxygens (including phenoxy) is 1. The van der Waals surface area contributed by atoms with E-state index in [1.807, 2.05) is 0 Å². The molecule has 0 bridgehead atoms. The van der Waals surface area contributed by atoms with Crippen LogP contribution in [-0.4, -0.2) is 24.3 Å². The molecular formula is C19H20F2N2O3. The SMILES string of the molecule is CC(=O)c1ccccc1NC(=O)C(C)NCc1ccc(OC(F)F)cc1. The first-order valence-corrected chi connectivity index (χ1v) is 8.05. The summed E-state index contributed by atoms with van der Waals surface area (Å²) in [7, 11) is 0.